The first-order valence-electron chi connectivity index (χ1n) is 8.31. The van der Waals surface area contributed by atoms with E-state index in [1.165, 1.54) is 4.68 Å². The zero-order valence-electron chi connectivity index (χ0n) is 13.9. The summed E-state index contributed by atoms with van der Waals surface area (Å²) in [7, 11) is 0. The maximum Gasteiger partial charge on any atom is 0.275 e. The van der Waals surface area contributed by atoms with E-state index in [1.807, 2.05) is 25.1 Å². The lowest BCUT2D eigenvalue weighted by atomic mass is 10.1. The molecule has 1 fully saturated rings. The Bertz CT molecular complexity index is 991. The average Bonchev–Trinajstić information content (AvgIpc) is 3.26. The van der Waals surface area contributed by atoms with E-state index in [4.69, 9.17) is 4.52 Å². The van der Waals surface area contributed by atoms with Crippen molar-refractivity contribution in [3.63, 3.8) is 0 Å². The molecule has 3 heterocycles. The lowest BCUT2D eigenvalue weighted by Crippen LogP contribution is -2.37. The molecule has 1 aliphatic heterocycles. The van der Waals surface area contributed by atoms with Crippen LogP contribution < -0.4 is 5.56 Å². The molecule has 7 heteroatoms. The molecule has 1 aromatic carbocycles. The Labute approximate surface area is 143 Å². The summed E-state index contributed by atoms with van der Waals surface area (Å²) >= 11 is 0. The van der Waals surface area contributed by atoms with Crippen molar-refractivity contribution in [1.82, 2.24) is 19.8 Å². The molecular formula is C18H18N4O3. The zero-order valence-corrected chi connectivity index (χ0v) is 13.9. The monoisotopic (exact) mass is 338 g/mol. The standard InChI is InChI=1S/C18H18N4O3/c1-12-9-16(25-20-12)15-7-4-8-21(15)17(23)11-22-18(24)14-6-3-2-5-13(14)10-19-22/h2-3,5-6,9-10,15H,4,7-8,11H2,1H3/t15-/m0/s1. The predicted octanol–water partition coefficient (Wildman–Crippen LogP) is 2.06. The number of aryl methyl sites for hydroxylation is 1. The Morgan fingerprint density at radius 3 is 3.00 bits per heavy atom. The van der Waals surface area contributed by atoms with Crippen molar-refractivity contribution in [2.24, 2.45) is 0 Å². The largest absolute Gasteiger partial charge is 0.359 e. The fourth-order valence-corrected chi connectivity index (χ4v) is 3.36. The number of amides is 1. The van der Waals surface area contributed by atoms with Crippen molar-refractivity contribution < 1.29 is 9.32 Å². The molecule has 1 saturated heterocycles. The Morgan fingerprint density at radius 2 is 2.20 bits per heavy atom. The van der Waals surface area contributed by atoms with Crippen LogP contribution in [0.3, 0.4) is 0 Å². The number of carbonyl (C=O) groups excluding carboxylic acids is 1. The second kappa shape index (κ2) is 6.16. The maximum atomic E-state index is 12.8. The smallest absolute Gasteiger partial charge is 0.275 e. The first kappa shape index (κ1) is 15.6. The number of fused-ring (bicyclic) bond motifs is 1. The van der Waals surface area contributed by atoms with Gasteiger partial charge in [-0.15, -0.1) is 0 Å². The molecule has 7 nitrogen and oxygen atoms in total. The van der Waals surface area contributed by atoms with E-state index >= 15 is 0 Å². The van der Waals surface area contributed by atoms with Gasteiger partial charge in [-0.05, 0) is 25.8 Å². The summed E-state index contributed by atoms with van der Waals surface area (Å²) in [6.45, 7) is 2.42. The number of benzene rings is 1. The van der Waals surface area contributed by atoms with Crippen LogP contribution in [0.4, 0.5) is 0 Å². The number of likely N-dealkylation sites (tertiary alicyclic amines) is 1. The van der Waals surface area contributed by atoms with Gasteiger partial charge in [0.05, 0.1) is 23.3 Å². The summed E-state index contributed by atoms with van der Waals surface area (Å²) in [5.41, 5.74) is 0.541. The minimum absolute atomic E-state index is 0.0761. The van der Waals surface area contributed by atoms with Crippen molar-refractivity contribution in [3.8, 4) is 0 Å². The molecule has 1 amide bonds. The van der Waals surface area contributed by atoms with Gasteiger partial charge in [-0.1, -0.05) is 23.4 Å². The fraction of sp³-hybridized carbons (Fsp3) is 0.333. The SMILES string of the molecule is Cc1cc([C@@H]2CCCN2C(=O)Cn2ncc3ccccc3c2=O)on1. The summed E-state index contributed by atoms with van der Waals surface area (Å²) in [5.74, 6) is 0.559. The Hall–Kier alpha value is -2.96. The fourth-order valence-electron chi connectivity index (χ4n) is 3.36. The van der Waals surface area contributed by atoms with Crippen LogP contribution in [0.1, 0.15) is 30.3 Å². The summed E-state index contributed by atoms with van der Waals surface area (Å²) in [6, 6.07) is 8.97. The number of rotatable bonds is 3. The van der Waals surface area contributed by atoms with Gasteiger partial charge in [0.2, 0.25) is 5.91 Å². The van der Waals surface area contributed by atoms with Crippen LogP contribution in [-0.4, -0.2) is 32.3 Å². The van der Waals surface area contributed by atoms with Gasteiger partial charge in [-0.3, -0.25) is 9.59 Å². The van der Waals surface area contributed by atoms with Crippen LogP contribution in [0.25, 0.3) is 10.8 Å². The molecule has 0 spiro atoms. The summed E-state index contributed by atoms with van der Waals surface area (Å²) in [6.07, 6.45) is 3.35. The van der Waals surface area contributed by atoms with Crippen molar-refractivity contribution in [2.75, 3.05) is 6.54 Å². The van der Waals surface area contributed by atoms with Crippen LogP contribution in [0, 0.1) is 6.92 Å². The van der Waals surface area contributed by atoms with Crippen molar-refractivity contribution >= 4 is 16.7 Å². The van der Waals surface area contributed by atoms with Crippen molar-refractivity contribution in [2.45, 2.75) is 32.4 Å². The lowest BCUT2D eigenvalue weighted by Gasteiger charge is -2.22. The van der Waals surface area contributed by atoms with Gasteiger partial charge in [0.1, 0.15) is 6.54 Å². The molecule has 1 atom stereocenters. The first-order chi connectivity index (χ1) is 12.1. The highest BCUT2D eigenvalue weighted by Crippen LogP contribution is 2.32. The highest BCUT2D eigenvalue weighted by Gasteiger charge is 2.32. The van der Waals surface area contributed by atoms with Gasteiger partial charge in [0, 0.05) is 18.0 Å². The molecule has 0 N–H and O–H groups in total. The summed E-state index contributed by atoms with van der Waals surface area (Å²) in [4.78, 5) is 27.0. The molecule has 0 saturated carbocycles. The Morgan fingerprint density at radius 1 is 1.36 bits per heavy atom. The topological polar surface area (TPSA) is 81.2 Å². The highest BCUT2D eigenvalue weighted by atomic mass is 16.5. The van der Waals surface area contributed by atoms with Gasteiger partial charge in [0.25, 0.3) is 5.56 Å². The van der Waals surface area contributed by atoms with E-state index in [2.05, 4.69) is 10.3 Å². The predicted molar refractivity (Wildman–Crippen MR) is 90.9 cm³/mol. The second-order valence-corrected chi connectivity index (χ2v) is 6.31. The molecule has 0 unspecified atom stereocenters. The molecule has 3 aromatic rings. The Balaban J connectivity index is 1.59. The average molecular weight is 338 g/mol. The maximum absolute atomic E-state index is 12.8. The number of hydrogen-bond donors (Lipinski definition) is 0. The molecule has 0 aliphatic carbocycles. The van der Waals surface area contributed by atoms with Gasteiger partial charge < -0.3 is 9.42 Å². The quantitative estimate of drug-likeness (QED) is 0.730. The van der Waals surface area contributed by atoms with E-state index < -0.39 is 0 Å². The molecule has 2 aromatic heterocycles. The molecule has 128 valence electrons. The minimum atomic E-state index is -0.252. The molecule has 25 heavy (non-hydrogen) atoms. The third-order valence-electron chi connectivity index (χ3n) is 4.59. The van der Waals surface area contributed by atoms with Gasteiger partial charge in [-0.2, -0.15) is 5.10 Å². The Kier molecular flexibility index (Phi) is 3.83. The molecule has 4 rings (SSSR count). The van der Waals surface area contributed by atoms with E-state index in [0.717, 1.165) is 23.9 Å². The van der Waals surface area contributed by atoms with Crippen LogP contribution >= 0.6 is 0 Å². The van der Waals surface area contributed by atoms with E-state index in [9.17, 15) is 9.59 Å². The van der Waals surface area contributed by atoms with E-state index in [1.54, 1.807) is 23.2 Å². The third kappa shape index (κ3) is 2.82. The lowest BCUT2D eigenvalue weighted by molar-refractivity contribution is -0.133. The first-order valence-corrected chi connectivity index (χ1v) is 8.31. The molecule has 1 aliphatic rings. The van der Waals surface area contributed by atoms with Gasteiger partial charge in [0.15, 0.2) is 5.76 Å². The highest BCUT2D eigenvalue weighted by molar-refractivity contribution is 5.81. The number of aromatic nitrogens is 3. The summed E-state index contributed by atoms with van der Waals surface area (Å²) < 4.78 is 6.56. The molecule has 0 radical (unpaired) electrons. The number of hydrogen-bond acceptors (Lipinski definition) is 5. The van der Waals surface area contributed by atoms with E-state index in [0.29, 0.717) is 17.7 Å². The summed E-state index contributed by atoms with van der Waals surface area (Å²) in [5, 5.41) is 9.38. The van der Waals surface area contributed by atoms with Crippen molar-refractivity contribution in [1.29, 1.82) is 0 Å². The van der Waals surface area contributed by atoms with Crippen LogP contribution in [0.2, 0.25) is 0 Å². The molecular weight excluding hydrogens is 320 g/mol. The number of nitrogens with zero attached hydrogens (tertiary/aromatic N) is 4. The van der Waals surface area contributed by atoms with Crippen LogP contribution in [0.15, 0.2) is 45.8 Å². The van der Waals surface area contributed by atoms with Gasteiger partial charge in [-0.25, -0.2) is 4.68 Å². The van der Waals surface area contributed by atoms with Gasteiger partial charge >= 0.3 is 0 Å². The van der Waals surface area contributed by atoms with Crippen molar-refractivity contribution in [3.05, 3.63) is 58.3 Å². The normalized spacial score (nSPS) is 17.3. The second-order valence-electron chi connectivity index (χ2n) is 6.31. The minimum Gasteiger partial charge on any atom is -0.359 e. The zero-order chi connectivity index (χ0) is 17.4. The third-order valence-corrected chi connectivity index (χ3v) is 4.59. The van der Waals surface area contributed by atoms with Crippen LogP contribution in [-0.2, 0) is 11.3 Å². The van der Waals surface area contributed by atoms with E-state index in [-0.39, 0.29) is 24.1 Å². The molecule has 0 bridgehead atoms. The van der Waals surface area contributed by atoms with Crippen LogP contribution in [0.5, 0.6) is 0 Å². The number of carbonyl (C=O) groups is 1.